The lowest BCUT2D eigenvalue weighted by molar-refractivity contribution is -0.119. The minimum Gasteiger partial charge on any atom is -0.454 e. The maximum atomic E-state index is 12.1. The summed E-state index contributed by atoms with van der Waals surface area (Å²) in [6.45, 7) is 1.90. The number of nitrogens with one attached hydrogen (secondary N) is 2. The molecule has 1 saturated heterocycles. The van der Waals surface area contributed by atoms with Crippen molar-refractivity contribution < 1.29 is 14.3 Å². The number of fused-ring (bicyclic) bond motifs is 1. The molecule has 2 aliphatic rings. The first kappa shape index (κ1) is 16.0. The number of carbonyl (C=O) groups is 1. The second kappa shape index (κ2) is 6.74. The minimum atomic E-state index is 0. The third-order valence-corrected chi connectivity index (χ3v) is 4.59. The Hall–Kier alpha value is -1.83. The molecule has 1 atom stereocenters. The van der Waals surface area contributed by atoms with Gasteiger partial charge in [-0.25, -0.2) is 4.98 Å². The van der Waals surface area contributed by atoms with Crippen molar-refractivity contribution in [2.75, 3.05) is 25.2 Å². The summed E-state index contributed by atoms with van der Waals surface area (Å²) in [5.41, 5.74) is 1.77. The molecule has 0 saturated carbocycles. The molecule has 0 spiro atoms. The maximum absolute atomic E-state index is 12.1. The fourth-order valence-corrected chi connectivity index (χ4v) is 3.33. The Morgan fingerprint density at radius 3 is 3.04 bits per heavy atom. The summed E-state index contributed by atoms with van der Waals surface area (Å²) in [6, 6.07) is 5.72. The van der Waals surface area contributed by atoms with Gasteiger partial charge in [-0.2, -0.15) is 0 Å². The topological polar surface area (TPSA) is 72.5 Å². The largest absolute Gasteiger partial charge is 0.454 e. The van der Waals surface area contributed by atoms with Crippen molar-refractivity contribution in [2.45, 2.75) is 6.42 Å². The molecule has 0 aliphatic carbocycles. The molecule has 3 heterocycles. The molecular weight excluding hydrogens is 338 g/mol. The first-order chi connectivity index (χ1) is 10.8. The molecule has 2 aliphatic heterocycles. The standard InChI is InChI=1S/C15H15N3O3S.ClH/c19-14(10-3-4-16-6-10)18-15-17-11(7-22-15)9-1-2-12-13(5-9)21-8-20-12;/h1-2,5,7,10,16H,3-4,6,8H2,(H,17,18,19);1H. The molecule has 23 heavy (non-hydrogen) atoms. The first-order valence-electron chi connectivity index (χ1n) is 7.17. The highest BCUT2D eigenvalue weighted by atomic mass is 35.5. The highest BCUT2D eigenvalue weighted by molar-refractivity contribution is 7.14. The molecule has 1 aromatic carbocycles. The van der Waals surface area contributed by atoms with E-state index in [0.29, 0.717) is 5.13 Å². The lowest BCUT2D eigenvalue weighted by atomic mass is 10.1. The zero-order valence-electron chi connectivity index (χ0n) is 12.2. The van der Waals surface area contributed by atoms with Gasteiger partial charge in [0.1, 0.15) is 0 Å². The molecule has 0 bridgehead atoms. The van der Waals surface area contributed by atoms with E-state index in [1.165, 1.54) is 11.3 Å². The van der Waals surface area contributed by atoms with E-state index in [1.807, 2.05) is 23.6 Å². The van der Waals surface area contributed by atoms with Gasteiger partial charge in [-0.15, -0.1) is 23.7 Å². The molecule has 8 heteroatoms. The monoisotopic (exact) mass is 353 g/mol. The van der Waals surface area contributed by atoms with Crippen molar-refractivity contribution in [1.82, 2.24) is 10.3 Å². The minimum absolute atomic E-state index is 0. The number of rotatable bonds is 3. The number of amides is 1. The summed E-state index contributed by atoms with van der Waals surface area (Å²) in [4.78, 5) is 16.6. The molecular formula is C15H16ClN3O3S. The van der Waals surface area contributed by atoms with Crippen LogP contribution in [0.3, 0.4) is 0 Å². The van der Waals surface area contributed by atoms with E-state index in [9.17, 15) is 4.79 Å². The fourth-order valence-electron chi connectivity index (χ4n) is 2.61. The van der Waals surface area contributed by atoms with E-state index in [0.717, 1.165) is 42.3 Å². The van der Waals surface area contributed by atoms with Crippen molar-refractivity contribution in [3.05, 3.63) is 23.6 Å². The number of hydrogen-bond donors (Lipinski definition) is 2. The maximum Gasteiger partial charge on any atom is 0.231 e. The Kier molecular flexibility index (Phi) is 4.70. The van der Waals surface area contributed by atoms with E-state index in [1.54, 1.807) is 0 Å². The van der Waals surface area contributed by atoms with E-state index in [4.69, 9.17) is 9.47 Å². The molecule has 122 valence electrons. The summed E-state index contributed by atoms with van der Waals surface area (Å²) in [6.07, 6.45) is 0.881. The summed E-state index contributed by atoms with van der Waals surface area (Å²) in [5, 5.41) is 8.65. The van der Waals surface area contributed by atoms with Crippen molar-refractivity contribution in [2.24, 2.45) is 5.92 Å². The van der Waals surface area contributed by atoms with Crippen LogP contribution in [0.5, 0.6) is 11.5 Å². The van der Waals surface area contributed by atoms with E-state index >= 15 is 0 Å². The average molecular weight is 354 g/mol. The van der Waals surface area contributed by atoms with Gasteiger partial charge in [0.2, 0.25) is 12.7 Å². The van der Waals surface area contributed by atoms with Gasteiger partial charge in [0.15, 0.2) is 16.6 Å². The Morgan fingerprint density at radius 2 is 2.22 bits per heavy atom. The second-order valence-corrected chi connectivity index (χ2v) is 6.14. The number of thiazole rings is 1. The molecule has 4 rings (SSSR count). The number of nitrogens with zero attached hydrogens (tertiary/aromatic N) is 1. The molecule has 1 aromatic heterocycles. The summed E-state index contributed by atoms with van der Waals surface area (Å²) in [7, 11) is 0. The van der Waals surface area contributed by atoms with Crippen LogP contribution in [-0.2, 0) is 4.79 Å². The Bertz CT molecular complexity index is 716. The number of carbonyl (C=O) groups excluding carboxylic acids is 1. The van der Waals surface area contributed by atoms with Gasteiger partial charge in [-0.3, -0.25) is 4.79 Å². The van der Waals surface area contributed by atoms with Crippen molar-refractivity contribution in [3.63, 3.8) is 0 Å². The van der Waals surface area contributed by atoms with Gasteiger partial charge in [0.25, 0.3) is 0 Å². The zero-order valence-corrected chi connectivity index (χ0v) is 13.8. The summed E-state index contributed by atoms with van der Waals surface area (Å²) >= 11 is 1.43. The highest BCUT2D eigenvalue weighted by Crippen LogP contribution is 2.36. The van der Waals surface area contributed by atoms with Gasteiger partial charge >= 0.3 is 0 Å². The lowest BCUT2D eigenvalue weighted by Crippen LogP contribution is -2.24. The fraction of sp³-hybridized carbons (Fsp3) is 0.333. The number of anilines is 1. The van der Waals surface area contributed by atoms with Crippen LogP contribution in [0, 0.1) is 5.92 Å². The van der Waals surface area contributed by atoms with E-state index in [-0.39, 0.29) is 31.0 Å². The highest BCUT2D eigenvalue weighted by Gasteiger charge is 2.23. The predicted molar refractivity (Wildman–Crippen MR) is 90.5 cm³/mol. The quantitative estimate of drug-likeness (QED) is 0.887. The average Bonchev–Trinajstić information content (AvgIpc) is 3.27. The van der Waals surface area contributed by atoms with E-state index in [2.05, 4.69) is 15.6 Å². The number of hydrogen-bond acceptors (Lipinski definition) is 6. The normalized spacial score (nSPS) is 18.5. The Morgan fingerprint density at radius 1 is 1.35 bits per heavy atom. The number of aromatic nitrogens is 1. The molecule has 2 N–H and O–H groups in total. The molecule has 2 aromatic rings. The summed E-state index contributed by atoms with van der Waals surface area (Å²) < 4.78 is 10.7. The number of ether oxygens (including phenoxy) is 2. The first-order valence-corrected chi connectivity index (χ1v) is 8.05. The lowest BCUT2D eigenvalue weighted by Gasteiger charge is -2.06. The van der Waals surface area contributed by atoms with Gasteiger partial charge in [-0.05, 0) is 31.2 Å². The van der Waals surface area contributed by atoms with Crippen molar-refractivity contribution in [3.8, 4) is 22.8 Å². The van der Waals surface area contributed by atoms with Crippen molar-refractivity contribution >= 4 is 34.8 Å². The third kappa shape index (κ3) is 3.26. The van der Waals surface area contributed by atoms with Crippen LogP contribution in [0.2, 0.25) is 0 Å². The Labute approximate surface area is 143 Å². The predicted octanol–water partition coefficient (Wildman–Crippen LogP) is 2.51. The van der Waals surface area contributed by atoms with E-state index < -0.39 is 0 Å². The summed E-state index contributed by atoms with van der Waals surface area (Å²) in [5.74, 6) is 1.56. The van der Waals surface area contributed by atoms with Crippen molar-refractivity contribution in [1.29, 1.82) is 0 Å². The molecule has 6 nitrogen and oxygen atoms in total. The smallest absolute Gasteiger partial charge is 0.231 e. The SMILES string of the molecule is Cl.O=C(Nc1nc(-c2ccc3c(c2)OCO3)cs1)C1CCNC1. The van der Waals surface area contributed by atoms with Crippen LogP contribution in [-0.4, -0.2) is 30.8 Å². The van der Waals surface area contributed by atoms with Crippen LogP contribution >= 0.6 is 23.7 Å². The van der Waals surface area contributed by atoms with Gasteiger partial charge in [0.05, 0.1) is 11.6 Å². The zero-order chi connectivity index (χ0) is 14.9. The second-order valence-electron chi connectivity index (χ2n) is 5.28. The Balaban J connectivity index is 0.00000156. The third-order valence-electron chi connectivity index (χ3n) is 3.83. The van der Waals surface area contributed by atoms with Crippen LogP contribution in [0.15, 0.2) is 23.6 Å². The van der Waals surface area contributed by atoms with Crippen LogP contribution in [0.1, 0.15) is 6.42 Å². The van der Waals surface area contributed by atoms with Crippen LogP contribution in [0.25, 0.3) is 11.3 Å². The number of halogens is 1. The molecule has 1 unspecified atom stereocenters. The number of benzene rings is 1. The van der Waals surface area contributed by atoms with Crippen LogP contribution in [0.4, 0.5) is 5.13 Å². The van der Waals surface area contributed by atoms with Gasteiger partial charge in [0, 0.05) is 17.5 Å². The molecule has 0 radical (unpaired) electrons. The molecule has 1 fully saturated rings. The van der Waals surface area contributed by atoms with Gasteiger partial charge in [-0.1, -0.05) is 0 Å². The molecule has 1 amide bonds. The van der Waals surface area contributed by atoms with Crippen LogP contribution < -0.4 is 20.1 Å². The van der Waals surface area contributed by atoms with Gasteiger partial charge < -0.3 is 20.1 Å².